The highest BCUT2D eigenvalue weighted by Gasteiger charge is 2.17. The van der Waals surface area contributed by atoms with Crippen molar-refractivity contribution in [3.8, 4) is 17.2 Å². The van der Waals surface area contributed by atoms with E-state index in [1.807, 2.05) is 6.92 Å². The number of benzene rings is 2. The molecule has 31 heavy (non-hydrogen) atoms. The summed E-state index contributed by atoms with van der Waals surface area (Å²) < 4.78 is 16.2. The third kappa shape index (κ3) is 6.23. The molecule has 8 nitrogen and oxygen atoms in total. The predicted molar refractivity (Wildman–Crippen MR) is 115 cm³/mol. The number of amides is 2. The van der Waals surface area contributed by atoms with Gasteiger partial charge in [0.15, 0.2) is 11.5 Å². The first-order chi connectivity index (χ1) is 15.1. The fourth-order valence-corrected chi connectivity index (χ4v) is 2.82. The lowest BCUT2D eigenvalue weighted by Crippen LogP contribution is -2.35. The van der Waals surface area contributed by atoms with Crippen molar-refractivity contribution in [2.45, 2.75) is 19.8 Å². The fraction of sp³-hybridized carbons (Fsp3) is 0.304. The van der Waals surface area contributed by atoms with E-state index in [1.54, 1.807) is 48.5 Å². The highest BCUT2D eigenvalue weighted by molar-refractivity contribution is 6.05. The van der Waals surface area contributed by atoms with Gasteiger partial charge in [0.05, 0.1) is 6.61 Å². The number of ether oxygens (including phenoxy) is 3. The maximum Gasteiger partial charge on any atom is 0.267 e. The number of hydrogen-bond acceptors (Lipinski definition) is 6. The van der Waals surface area contributed by atoms with Crippen molar-refractivity contribution in [3.63, 3.8) is 0 Å². The number of nitrogens with one attached hydrogen (secondary N) is 2. The van der Waals surface area contributed by atoms with Gasteiger partial charge in [-0.2, -0.15) is 0 Å². The van der Waals surface area contributed by atoms with Gasteiger partial charge in [-0.1, -0.05) is 13.0 Å². The van der Waals surface area contributed by atoms with Gasteiger partial charge in [-0.15, -0.1) is 0 Å². The Balaban J connectivity index is 1.77. The van der Waals surface area contributed by atoms with E-state index in [9.17, 15) is 9.59 Å². The molecule has 3 N–H and O–H groups in total. The molecule has 164 valence electrons. The Morgan fingerprint density at radius 1 is 1.13 bits per heavy atom. The smallest absolute Gasteiger partial charge is 0.267 e. The summed E-state index contributed by atoms with van der Waals surface area (Å²) in [6.07, 6.45) is 2.87. The van der Waals surface area contributed by atoms with Gasteiger partial charge in [-0.3, -0.25) is 9.59 Å². The Hall–Kier alpha value is -3.52. The van der Waals surface area contributed by atoms with Crippen LogP contribution in [0, 0.1) is 0 Å². The van der Waals surface area contributed by atoms with Crippen molar-refractivity contribution in [1.82, 2.24) is 10.6 Å². The summed E-state index contributed by atoms with van der Waals surface area (Å²) in [5.41, 5.74) is 1.14. The average molecular weight is 426 g/mol. The molecule has 2 amide bonds. The fourth-order valence-electron chi connectivity index (χ4n) is 2.82. The first kappa shape index (κ1) is 22.2. The van der Waals surface area contributed by atoms with Crippen LogP contribution in [-0.4, -0.2) is 43.5 Å². The van der Waals surface area contributed by atoms with Crippen molar-refractivity contribution in [1.29, 1.82) is 0 Å². The van der Waals surface area contributed by atoms with Gasteiger partial charge in [0, 0.05) is 18.7 Å². The number of rotatable bonds is 10. The largest absolute Gasteiger partial charge is 0.494 e. The van der Waals surface area contributed by atoms with Crippen LogP contribution in [0.3, 0.4) is 0 Å². The van der Waals surface area contributed by atoms with Crippen LogP contribution in [-0.2, 0) is 4.79 Å². The first-order valence-electron chi connectivity index (χ1n) is 10.2. The lowest BCUT2D eigenvalue weighted by Gasteiger charge is -2.12. The van der Waals surface area contributed by atoms with Gasteiger partial charge in [-0.05, 0) is 60.9 Å². The highest BCUT2D eigenvalue weighted by atomic mass is 16.7. The number of carbonyl (C=O) groups is 2. The zero-order chi connectivity index (χ0) is 22.1. The summed E-state index contributed by atoms with van der Waals surface area (Å²) in [5, 5.41) is 14.3. The van der Waals surface area contributed by atoms with Crippen LogP contribution in [0.1, 0.15) is 35.7 Å². The molecule has 2 aromatic carbocycles. The van der Waals surface area contributed by atoms with Gasteiger partial charge in [0.1, 0.15) is 11.4 Å². The number of aliphatic hydroxyl groups excluding tert-OH is 1. The van der Waals surface area contributed by atoms with Crippen molar-refractivity contribution >= 4 is 17.9 Å². The van der Waals surface area contributed by atoms with E-state index in [-0.39, 0.29) is 25.6 Å². The zero-order valence-corrected chi connectivity index (χ0v) is 17.3. The summed E-state index contributed by atoms with van der Waals surface area (Å²) in [5.74, 6) is 0.994. The predicted octanol–water partition coefficient (Wildman–Crippen LogP) is 2.47. The second-order valence-corrected chi connectivity index (χ2v) is 6.83. The number of aliphatic hydroxyl groups is 1. The minimum Gasteiger partial charge on any atom is -0.494 e. The van der Waals surface area contributed by atoms with Crippen LogP contribution in [0.15, 0.2) is 48.2 Å². The van der Waals surface area contributed by atoms with Crippen LogP contribution in [0.5, 0.6) is 17.2 Å². The molecule has 2 aromatic rings. The molecule has 0 atom stereocenters. The normalized spacial score (nSPS) is 12.4. The van der Waals surface area contributed by atoms with E-state index in [2.05, 4.69) is 10.6 Å². The molecule has 1 aliphatic heterocycles. The molecular formula is C23H26N2O6. The van der Waals surface area contributed by atoms with Crippen molar-refractivity contribution < 1.29 is 28.9 Å². The van der Waals surface area contributed by atoms with E-state index in [4.69, 9.17) is 19.3 Å². The molecule has 0 radical (unpaired) electrons. The Bertz CT molecular complexity index is 940. The minimum atomic E-state index is -0.456. The molecule has 0 aliphatic carbocycles. The summed E-state index contributed by atoms with van der Waals surface area (Å²) in [7, 11) is 0. The van der Waals surface area contributed by atoms with Crippen molar-refractivity contribution in [2.24, 2.45) is 0 Å². The molecule has 1 aliphatic rings. The molecule has 8 heteroatoms. The lowest BCUT2D eigenvalue weighted by atomic mass is 10.1. The lowest BCUT2D eigenvalue weighted by molar-refractivity contribution is -0.117. The van der Waals surface area contributed by atoms with Crippen molar-refractivity contribution in [3.05, 3.63) is 59.3 Å². The van der Waals surface area contributed by atoms with E-state index < -0.39 is 11.8 Å². The van der Waals surface area contributed by atoms with Gasteiger partial charge in [-0.25, -0.2) is 0 Å². The number of carbonyl (C=O) groups excluding carboxylic acids is 2. The van der Waals surface area contributed by atoms with Crippen molar-refractivity contribution in [2.75, 3.05) is 26.6 Å². The highest BCUT2D eigenvalue weighted by Crippen LogP contribution is 2.33. The van der Waals surface area contributed by atoms with E-state index in [0.29, 0.717) is 41.4 Å². The number of hydrogen-bond donors (Lipinski definition) is 3. The molecule has 0 unspecified atom stereocenters. The molecule has 0 fully saturated rings. The maximum absolute atomic E-state index is 12.7. The van der Waals surface area contributed by atoms with E-state index in [0.717, 1.165) is 6.42 Å². The standard InChI is InChI=1S/C23H26N2O6/c1-2-12-29-18-7-5-17(6-8-18)22(27)25-19(23(28)24-10-3-11-26)13-16-4-9-20-21(14-16)31-15-30-20/h4-9,13-14,26H,2-3,10-12,15H2,1H3,(H,24,28)(H,25,27). The molecule has 3 rings (SSSR count). The Morgan fingerprint density at radius 3 is 2.65 bits per heavy atom. The van der Waals surface area contributed by atoms with Gasteiger partial charge >= 0.3 is 0 Å². The molecular weight excluding hydrogens is 400 g/mol. The summed E-state index contributed by atoms with van der Waals surface area (Å²) in [6, 6.07) is 12.0. The summed E-state index contributed by atoms with van der Waals surface area (Å²) in [6.45, 7) is 3.00. The van der Waals surface area contributed by atoms with E-state index in [1.165, 1.54) is 0 Å². The minimum absolute atomic E-state index is 0.0414. The van der Waals surface area contributed by atoms with Crippen LogP contribution in [0.25, 0.3) is 6.08 Å². The van der Waals surface area contributed by atoms with Crippen LogP contribution in [0.2, 0.25) is 0 Å². The SMILES string of the molecule is CCCOc1ccc(C(=O)NC(=Cc2ccc3c(c2)OCO3)C(=O)NCCCO)cc1. The Morgan fingerprint density at radius 2 is 1.90 bits per heavy atom. The molecule has 0 saturated heterocycles. The zero-order valence-electron chi connectivity index (χ0n) is 17.3. The summed E-state index contributed by atoms with van der Waals surface area (Å²) in [4.78, 5) is 25.4. The van der Waals surface area contributed by atoms with Crippen LogP contribution < -0.4 is 24.8 Å². The van der Waals surface area contributed by atoms with Crippen LogP contribution >= 0.6 is 0 Å². The average Bonchev–Trinajstić information content (AvgIpc) is 3.25. The second kappa shape index (κ2) is 11.0. The van der Waals surface area contributed by atoms with Crippen LogP contribution in [0.4, 0.5) is 0 Å². The Kier molecular flexibility index (Phi) is 7.89. The maximum atomic E-state index is 12.7. The first-order valence-corrected chi connectivity index (χ1v) is 10.2. The molecule has 0 spiro atoms. The Labute approximate surface area is 180 Å². The van der Waals surface area contributed by atoms with Gasteiger partial charge in [0.25, 0.3) is 11.8 Å². The monoisotopic (exact) mass is 426 g/mol. The summed E-state index contributed by atoms with van der Waals surface area (Å²) >= 11 is 0. The van der Waals surface area contributed by atoms with Gasteiger partial charge in [0.2, 0.25) is 6.79 Å². The van der Waals surface area contributed by atoms with Gasteiger partial charge < -0.3 is 30.0 Å². The molecule has 1 heterocycles. The number of fused-ring (bicyclic) bond motifs is 1. The third-order valence-electron chi connectivity index (χ3n) is 4.41. The third-order valence-corrected chi connectivity index (χ3v) is 4.41. The molecule has 0 saturated carbocycles. The second-order valence-electron chi connectivity index (χ2n) is 6.83. The molecule has 0 bridgehead atoms. The van der Waals surface area contributed by atoms with E-state index >= 15 is 0 Å². The molecule has 0 aromatic heterocycles. The topological polar surface area (TPSA) is 106 Å². The quantitative estimate of drug-likeness (QED) is 0.398.